The number of aromatic nitrogens is 4. The van der Waals surface area contributed by atoms with Gasteiger partial charge in [-0.3, -0.25) is 14.2 Å². The summed E-state index contributed by atoms with van der Waals surface area (Å²) in [6, 6.07) is 5.23. The van der Waals surface area contributed by atoms with Crippen LogP contribution in [0.2, 0.25) is 15.1 Å². The number of hydrogen-bond donors (Lipinski definition) is 1. The Hall–Kier alpha value is -1.29. The van der Waals surface area contributed by atoms with Gasteiger partial charge in [-0.2, -0.15) is 10.2 Å². The molecular formula is C15H11Cl3IN5O. The van der Waals surface area contributed by atoms with Crippen molar-refractivity contribution in [1.29, 1.82) is 0 Å². The molecule has 3 rings (SSSR count). The van der Waals surface area contributed by atoms with Gasteiger partial charge in [0.05, 0.1) is 16.3 Å². The van der Waals surface area contributed by atoms with Crippen LogP contribution in [-0.2, 0) is 13.6 Å². The third-order valence-corrected chi connectivity index (χ3v) is 5.06. The number of amides is 1. The van der Waals surface area contributed by atoms with Crippen LogP contribution in [0.3, 0.4) is 0 Å². The second-order valence-electron chi connectivity index (χ2n) is 5.18. The molecule has 3 aromatic rings. The summed E-state index contributed by atoms with van der Waals surface area (Å²) >= 11 is 20.3. The van der Waals surface area contributed by atoms with Crippen LogP contribution in [0.5, 0.6) is 0 Å². The van der Waals surface area contributed by atoms with Crippen LogP contribution in [0.25, 0.3) is 0 Å². The largest absolute Gasteiger partial charge is 0.302 e. The molecule has 0 spiro atoms. The molecule has 1 N–H and O–H groups in total. The molecule has 0 aliphatic heterocycles. The Morgan fingerprint density at radius 1 is 1.28 bits per heavy atom. The van der Waals surface area contributed by atoms with Crippen molar-refractivity contribution >= 4 is 69.1 Å². The van der Waals surface area contributed by atoms with Gasteiger partial charge in [0.25, 0.3) is 5.91 Å². The van der Waals surface area contributed by atoms with Gasteiger partial charge in [-0.05, 0) is 40.3 Å². The molecule has 6 nitrogen and oxygen atoms in total. The molecule has 130 valence electrons. The van der Waals surface area contributed by atoms with E-state index in [9.17, 15) is 4.79 Å². The third-order valence-electron chi connectivity index (χ3n) is 3.41. The Morgan fingerprint density at radius 2 is 2.04 bits per heavy atom. The van der Waals surface area contributed by atoms with Crippen LogP contribution >= 0.6 is 57.4 Å². The average Bonchev–Trinajstić information content (AvgIpc) is 3.05. The highest BCUT2D eigenvalue weighted by atomic mass is 127. The first-order valence-electron chi connectivity index (χ1n) is 7.01. The SMILES string of the molecule is Cn1ncc(I)c1C(=O)Nc1nn(Cc2ccc(Cl)cc2Cl)cc1Cl. The Kier molecular flexibility index (Phi) is 5.57. The highest BCUT2D eigenvalue weighted by Crippen LogP contribution is 2.25. The highest BCUT2D eigenvalue weighted by Gasteiger charge is 2.18. The Balaban J connectivity index is 1.79. The Labute approximate surface area is 172 Å². The van der Waals surface area contributed by atoms with Crippen molar-refractivity contribution < 1.29 is 4.79 Å². The minimum absolute atomic E-state index is 0.272. The summed E-state index contributed by atoms with van der Waals surface area (Å²) in [7, 11) is 1.69. The zero-order valence-corrected chi connectivity index (χ0v) is 17.2. The van der Waals surface area contributed by atoms with E-state index in [1.807, 2.05) is 28.7 Å². The second kappa shape index (κ2) is 7.53. The molecule has 0 atom stereocenters. The fourth-order valence-corrected chi connectivity index (χ4v) is 3.60. The predicted molar refractivity (Wildman–Crippen MR) is 107 cm³/mol. The van der Waals surface area contributed by atoms with Crippen LogP contribution in [-0.4, -0.2) is 25.5 Å². The van der Waals surface area contributed by atoms with Crippen LogP contribution in [0.1, 0.15) is 16.1 Å². The standard InChI is InChI=1S/C15H11Cl3IN5O/c1-23-13(12(19)5-20-23)15(25)21-14-11(18)7-24(22-14)6-8-2-3-9(16)4-10(8)17/h2-5,7H,6H2,1H3,(H,21,22,25). The first-order chi connectivity index (χ1) is 11.8. The molecule has 1 amide bonds. The summed E-state index contributed by atoms with van der Waals surface area (Å²) in [6.45, 7) is 0.398. The molecule has 0 radical (unpaired) electrons. The van der Waals surface area contributed by atoms with Gasteiger partial charge in [0.15, 0.2) is 5.82 Å². The van der Waals surface area contributed by atoms with Crippen molar-refractivity contribution in [2.24, 2.45) is 7.05 Å². The fraction of sp³-hybridized carbons (Fsp3) is 0.133. The molecule has 0 aliphatic carbocycles. The maximum Gasteiger partial charge on any atom is 0.276 e. The van der Waals surface area contributed by atoms with Crippen molar-refractivity contribution in [2.75, 3.05) is 5.32 Å². The molecule has 0 saturated heterocycles. The zero-order chi connectivity index (χ0) is 18.1. The van der Waals surface area contributed by atoms with E-state index in [0.29, 0.717) is 27.3 Å². The summed E-state index contributed by atoms with van der Waals surface area (Å²) < 4.78 is 3.83. The minimum Gasteiger partial charge on any atom is -0.302 e. The third kappa shape index (κ3) is 4.11. The Morgan fingerprint density at radius 3 is 2.68 bits per heavy atom. The number of carbonyl (C=O) groups is 1. The Bertz CT molecular complexity index is 933. The van der Waals surface area contributed by atoms with E-state index in [2.05, 4.69) is 15.5 Å². The smallest absolute Gasteiger partial charge is 0.276 e. The summed E-state index contributed by atoms with van der Waals surface area (Å²) in [5.74, 6) is -0.0603. The number of nitrogens with one attached hydrogen (secondary N) is 1. The average molecular weight is 511 g/mol. The quantitative estimate of drug-likeness (QED) is 0.527. The van der Waals surface area contributed by atoms with Gasteiger partial charge in [-0.15, -0.1) is 0 Å². The molecule has 0 fully saturated rings. The van der Waals surface area contributed by atoms with Crippen LogP contribution in [0.4, 0.5) is 5.82 Å². The summed E-state index contributed by atoms with van der Waals surface area (Å²) in [5.41, 5.74) is 1.27. The van der Waals surface area contributed by atoms with Gasteiger partial charge in [0, 0.05) is 23.3 Å². The topological polar surface area (TPSA) is 64.7 Å². The second-order valence-corrected chi connectivity index (χ2v) is 7.59. The molecule has 2 heterocycles. The lowest BCUT2D eigenvalue weighted by molar-refractivity contribution is 0.101. The summed E-state index contributed by atoms with van der Waals surface area (Å²) in [6.07, 6.45) is 3.23. The van der Waals surface area contributed by atoms with Crippen molar-refractivity contribution in [3.63, 3.8) is 0 Å². The van der Waals surface area contributed by atoms with Gasteiger partial charge in [-0.25, -0.2) is 0 Å². The number of nitrogens with zero attached hydrogens (tertiary/aromatic N) is 4. The molecule has 1 aromatic carbocycles. The van der Waals surface area contributed by atoms with Crippen LogP contribution in [0.15, 0.2) is 30.6 Å². The number of carbonyl (C=O) groups excluding carboxylic acids is 1. The molecule has 0 saturated carbocycles. The van der Waals surface area contributed by atoms with Gasteiger partial charge >= 0.3 is 0 Å². The van der Waals surface area contributed by atoms with Gasteiger partial charge in [0.2, 0.25) is 0 Å². The number of halogens is 4. The predicted octanol–water partition coefficient (Wildman–Crippen LogP) is 4.48. The molecule has 2 aromatic heterocycles. The van der Waals surface area contributed by atoms with Crippen molar-refractivity contribution in [1.82, 2.24) is 19.6 Å². The first-order valence-corrected chi connectivity index (χ1v) is 9.22. The van der Waals surface area contributed by atoms with E-state index in [4.69, 9.17) is 34.8 Å². The summed E-state index contributed by atoms with van der Waals surface area (Å²) in [4.78, 5) is 12.4. The van der Waals surface area contributed by atoms with Gasteiger partial charge < -0.3 is 5.32 Å². The lowest BCUT2D eigenvalue weighted by atomic mass is 10.2. The number of rotatable bonds is 4. The normalized spacial score (nSPS) is 10.9. The van der Waals surface area contributed by atoms with Crippen molar-refractivity contribution in [3.8, 4) is 0 Å². The highest BCUT2D eigenvalue weighted by molar-refractivity contribution is 14.1. The van der Waals surface area contributed by atoms with E-state index in [0.717, 1.165) is 9.13 Å². The van der Waals surface area contributed by atoms with Crippen molar-refractivity contribution in [2.45, 2.75) is 6.54 Å². The molecule has 0 bridgehead atoms. The molecule has 0 unspecified atom stereocenters. The van der Waals surface area contributed by atoms with Gasteiger partial charge in [-0.1, -0.05) is 40.9 Å². The number of anilines is 1. The monoisotopic (exact) mass is 509 g/mol. The number of benzene rings is 1. The van der Waals surface area contributed by atoms with E-state index in [1.54, 1.807) is 36.3 Å². The van der Waals surface area contributed by atoms with E-state index in [1.165, 1.54) is 4.68 Å². The lowest BCUT2D eigenvalue weighted by Crippen LogP contribution is -2.18. The molecule has 10 heteroatoms. The maximum absolute atomic E-state index is 12.4. The van der Waals surface area contributed by atoms with Gasteiger partial charge in [0.1, 0.15) is 10.7 Å². The number of aryl methyl sites for hydroxylation is 1. The van der Waals surface area contributed by atoms with Crippen LogP contribution in [0, 0.1) is 3.57 Å². The summed E-state index contributed by atoms with van der Waals surface area (Å²) in [5, 5.41) is 12.5. The fourth-order valence-electron chi connectivity index (χ4n) is 2.22. The van der Waals surface area contributed by atoms with E-state index < -0.39 is 0 Å². The lowest BCUT2D eigenvalue weighted by Gasteiger charge is -2.05. The molecule has 0 aliphatic rings. The molecule has 25 heavy (non-hydrogen) atoms. The van der Waals surface area contributed by atoms with E-state index >= 15 is 0 Å². The van der Waals surface area contributed by atoms with Crippen LogP contribution < -0.4 is 5.32 Å². The first kappa shape index (κ1) is 18.5. The maximum atomic E-state index is 12.4. The van der Waals surface area contributed by atoms with Crippen molar-refractivity contribution in [3.05, 3.63) is 60.5 Å². The minimum atomic E-state index is -0.332. The zero-order valence-electron chi connectivity index (χ0n) is 12.8. The van der Waals surface area contributed by atoms with E-state index in [-0.39, 0.29) is 11.7 Å². The molecular weight excluding hydrogens is 499 g/mol. The number of hydrogen-bond acceptors (Lipinski definition) is 3.